The number of amides is 4. The maximum Gasteiger partial charge on any atom is 0.327 e. The predicted molar refractivity (Wildman–Crippen MR) is 145 cm³/mol. The fraction of sp³-hybridized carbons (Fsp3) is 0.700. The Hall–Kier alpha value is -2.45. The number of fused-ring (bicyclic) bond motifs is 2. The van der Waals surface area contributed by atoms with Crippen LogP contribution in [0.1, 0.15) is 83.2 Å². The molecule has 2 bridgehead atoms. The van der Waals surface area contributed by atoms with Crippen LogP contribution in [0.3, 0.4) is 0 Å². The number of urea groups is 1. The third-order valence-electron chi connectivity index (χ3n) is 9.66. The molecule has 3 saturated heterocycles. The second kappa shape index (κ2) is 11.0. The van der Waals surface area contributed by atoms with Gasteiger partial charge < -0.3 is 15.0 Å². The van der Waals surface area contributed by atoms with Gasteiger partial charge in [-0.25, -0.2) is 4.79 Å². The Balaban J connectivity index is 1.27. The maximum absolute atomic E-state index is 13.4. The van der Waals surface area contributed by atoms with E-state index in [0.717, 1.165) is 57.1 Å². The topological polar surface area (TPSA) is 82.2 Å². The number of rotatable bonds is 8. The third-order valence-corrected chi connectivity index (χ3v) is 9.66. The molecule has 4 amide bonds. The highest BCUT2D eigenvalue weighted by Gasteiger charge is 2.62. The smallest absolute Gasteiger partial charge is 0.327 e. The molecule has 3 aliphatic heterocycles. The number of carbonyl (C=O) groups is 3. The van der Waals surface area contributed by atoms with E-state index in [-0.39, 0.29) is 54.0 Å². The molecule has 0 radical (unpaired) electrons. The summed E-state index contributed by atoms with van der Waals surface area (Å²) in [7, 11) is 3.38. The maximum atomic E-state index is 13.4. The average Bonchev–Trinajstić information content (AvgIpc) is 3.27. The number of carbonyl (C=O) groups excluding carboxylic acids is 3. The number of benzene rings is 1. The molecule has 2 unspecified atom stereocenters. The fourth-order valence-electron chi connectivity index (χ4n) is 7.75. The third kappa shape index (κ3) is 4.86. The van der Waals surface area contributed by atoms with Gasteiger partial charge in [-0.2, -0.15) is 0 Å². The average molecular weight is 525 g/mol. The van der Waals surface area contributed by atoms with Gasteiger partial charge in [0.1, 0.15) is 5.54 Å². The van der Waals surface area contributed by atoms with E-state index in [1.807, 2.05) is 36.9 Å². The van der Waals surface area contributed by atoms with Crippen LogP contribution in [0, 0.1) is 5.92 Å². The fourth-order valence-corrected chi connectivity index (χ4v) is 7.75. The van der Waals surface area contributed by atoms with Crippen LogP contribution in [-0.4, -0.2) is 83.0 Å². The molecule has 1 aromatic carbocycles. The molecule has 1 aliphatic carbocycles. The van der Waals surface area contributed by atoms with Gasteiger partial charge in [0.15, 0.2) is 0 Å². The van der Waals surface area contributed by atoms with E-state index in [9.17, 15) is 14.4 Å². The molecular weight excluding hydrogens is 480 g/mol. The van der Waals surface area contributed by atoms with E-state index in [1.54, 1.807) is 14.2 Å². The molecule has 8 nitrogen and oxygen atoms in total. The summed E-state index contributed by atoms with van der Waals surface area (Å²) in [6, 6.07) is 10.6. The first-order valence-electron chi connectivity index (χ1n) is 14.5. The Morgan fingerprint density at radius 2 is 1.66 bits per heavy atom. The molecule has 4 fully saturated rings. The zero-order valence-corrected chi connectivity index (χ0v) is 23.4. The second-order valence-corrected chi connectivity index (χ2v) is 12.1. The SMILES string of the molecule is COC1CCC(C(=O)N[C@@H](CCN2C3CCC2CC2(C3)C(=O)N(C)C(=O)N2C(C)C)c2ccccc2)CC1. The van der Waals surface area contributed by atoms with E-state index in [0.29, 0.717) is 12.8 Å². The highest BCUT2D eigenvalue weighted by atomic mass is 16.5. The molecule has 3 heterocycles. The van der Waals surface area contributed by atoms with E-state index >= 15 is 0 Å². The first-order valence-corrected chi connectivity index (χ1v) is 14.5. The Morgan fingerprint density at radius 1 is 1.03 bits per heavy atom. The second-order valence-electron chi connectivity index (χ2n) is 12.1. The molecule has 0 aromatic heterocycles. The molecule has 4 aliphatic rings. The van der Waals surface area contributed by atoms with Crippen molar-refractivity contribution in [3.05, 3.63) is 35.9 Å². The van der Waals surface area contributed by atoms with Crippen LogP contribution < -0.4 is 5.32 Å². The molecule has 208 valence electrons. The van der Waals surface area contributed by atoms with Crippen molar-refractivity contribution in [3.63, 3.8) is 0 Å². The summed E-state index contributed by atoms with van der Waals surface area (Å²) in [5.41, 5.74) is 0.424. The lowest BCUT2D eigenvalue weighted by atomic mass is 9.80. The number of hydrogen-bond donors (Lipinski definition) is 1. The van der Waals surface area contributed by atoms with Crippen molar-refractivity contribution in [2.75, 3.05) is 20.7 Å². The number of likely N-dealkylation sites (N-methyl/N-ethyl adjacent to an activating group) is 1. The van der Waals surface area contributed by atoms with Crippen molar-refractivity contribution >= 4 is 17.8 Å². The van der Waals surface area contributed by atoms with Crippen molar-refractivity contribution in [1.29, 1.82) is 0 Å². The molecule has 8 heteroatoms. The van der Waals surface area contributed by atoms with Crippen LogP contribution in [0.2, 0.25) is 0 Å². The lowest BCUT2D eigenvalue weighted by Gasteiger charge is -2.48. The lowest BCUT2D eigenvalue weighted by Crippen LogP contribution is -2.61. The predicted octanol–water partition coefficient (Wildman–Crippen LogP) is 4.11. The van der Waals surface area contributed by atoms with Crippen LogP contribution in [0.15, 0.2) is 30.3 Å². The monoisotopic (exact) mass is 524 g/mol. The minimum absolute atomic E-state index is 0.0148. The molecule has 5 rings (SSSR count). The zero-order valence-electron chi connectivity index (χ0n) is 23.4. The summed E-state index contributed by atoms with van der Waals surface area (Å²) >= 11 is 0. The standard InChI is InChI=1S/C30H44N4O4/c1-20(2)34-29(37)32(3)28(36)30(34)18-23-12-13-24(19-30)33(23)17-16-26(21-8-6-5-7-9-21)31-27(35)22-10-14-25(38-4)15-11-22/h5-9,20,22-26H,10-19H2,1-4H3,(H,31,35)/t22?,23?,24?,25?,26-,30?/m0/s1. The van der Waals surface area contributed by atoms with Gasteiger partial charge in [0.25, 0.3) is 5.91 Å². The largest absolute Gasteiger partial charge is 0.381 e. The van der Waals surface area contributed by atoms with Crippen molar-refractivity contribution in [2.24, 2.45) is 5.92 Å². The van der Waals surface area contributed by atoms with Gasteiger partial charge in [-0.05, 0) is 77.2 Å². The summed E-state index contributed by atoms with van der Waals surface area (Å²) in [6.07, 6.45) is 8.21. The molecule has 3 atom stereocenters. The van der Waals surface area contributed by atoms with Gasteiger partial charge in [0.2, 0.25) is 5.91 Å². The summed E-state index contributed by atoms with van der Waals surface area (Å²) in [5.74, 6) is 0.161. The molecular formula is C30H44N4O4. The normalized spacial score (nSPS) is 32.4. The highest BCUT2D eigenvalue weighted by molar-refractivity contribution is 6.07. The van der Waals surface area contributed by atoms with Crippen molar-refractivity contribution in [2.45, 2.75) is 107 Å². The van der Waals surface area contributed by atoms with Gasteiger partial charge in [0, 0.05) is 44.7 Å². The minimum Gasteiger partial charge on any atom is -0.381 e. The van der Waals surface area contributed by atoms with Crippen LogP contribution in [0.4, 0.5) is 4.79 Å². The first kappa shape index (κ1) is 27.1. The summed E-state index contributed by atoms with van der Waals surface area (Å²) in [5, 5.41) is 3.39. The summed E-state index contributed by atoms with van der Waals surface area (Å²) in [4.78, 5) is 45.4. The number of methoxy groups -OCH3 is 1. The number of imide groups is 1. The van der Waals surface area contributed by atoms with E-state index in [1.165, 1.54) is 4.90 Å². The first-order chi connectivity index (χ1) is 18.2. The molecule has 38 heavy (non-hydrogen) atoms. The van der Waals surface area contributed by atoms with E-state index < -0.39 is 5.54 Å². The van der Waals surface area contributed by atoms with Crippen LogP contribution in [0.25, 0.3) is 0 Å². The van der Waals surface area contributed by atoms with Crippen LogP contribution in [0.5, 0.6) is 0 Å². The lowest BCUT2D eigenvalue weighted by molar-refractivity contribution is -0.137. The summed E-state index contributed by atoms with van der Waals surface area (Å²) < 4.78 is 5.49. The van der Waals surface area contributed by atoms with Gasteiger partial charge in [0.05, 0.1) is 12.1 Å². The quantitative estimate of drug-likeness (QED) is 0.518. The number of ether oxygens (including phenoxy) is 1. The Labute approximate surface area is 227 Å². The van der Waals surface area contributed by atoms with E-state index in [4.69, 9.17) is 4.74 Å². The Bertz CT molecular complexity index is 1010. The van der Waals surface area contributed by atoms with Gasteiger partial charge >= 0.3 is 6.03 Å². The minimum atomic E-state index is -0.712. The number of nitrogens with one attached hydrogen (secondary N) is 1. The Kier molecular flexibility index (Phi) is 7.83. The van der Waals surface area contributed by atoms with Crippen molar-refractivity contribution < 1.29 is 19.1 Å². The Morgan fingerprint density at radius 3 is 2.24 bits per heavy atom. The van der Waals surface area contributed by atoms with Gasteiger partial charge in [-0.1, -0.05) is 30.3 Å². The molecule has 1 N–H and O–H groups in total. The van der Waals surface area contributed by atoms with Crippen LogP contribution >= 0.6 is 0 Å². The van der Waals surface area contributed by atoms with Gasteiger partial charge in [-0.3, -0.25) is 19.4 Å². The number of hydrogen-bond acceptors (Lipinski definition) is 5. The number of piperidine rings is 1. The van der Waals surface area contributed by atoms with Gasteiger partial charge in [-0.15, -0.1) is 0 Å². The number of nitrogens with zero attached hydrogens (tertiary/aromatic N) is 3. The zero-order chi connectivity index (χ0) is 27.0. The van der Waals surface area contributed by atoms with E-state index in [2.05, 4.69) is 22.3 Å². The molecule has 1 spiro atoms. The summed E-state index contributed by atoms with van der Waals surface area (Å²) in [6.45, 7) is 4.88. The van der Waals surface area contributed by atoms with Crippen molar-refractivity contribution in [3.8, 4) is 0 Å². The molecule has 1 aromatic rings. The highest BCUT2D eigenvalue weighted by Crippen LogP contribution is 2.48. The van der Waals surface area contributed by atoms with Crippen molar-refractivity contribution in [1.82, 2.24) is 20.0 Å². The molecule has 1 saturated carbocycles. The van der Waals surface area contributed by atoms with Crippen LogP contribution in [-0.2, 0) is 14.3 Å².